The summed E-state index contributed by atoms with van der Waals surface area (Å²) in [4.78, 5) is 12.6. The first-order valence-electron chi connectivity index (χ1n) is 7.82. The van der Waals surface area contributed by atoms with Gasteiger partial charge in [-0.2, -0.15) is 0 Å². The molecule has 1 heterocycles. The summed E-state index contributed by atoms with van der Waals surface area (Å²) in [5.74, 6) is -0.798. The second-order valence-corrected chi connectivity index (χ2v) is 8.09. The Labute approximate surface area is 156 Å². The number of carbonyl (C=O) groups excluding carboxylic acids is 1. The number of benzene rings is 2. The second-order valence-electron chi connectivity index (χ2n) is 5.66. The molecule has 0 aliphatic carbocycles. The highest BCUT2D eigenvalue weighted by Gasteiger charge is 2.22. The Morgan fingerprint density at radius 1 is 1.04 bits per heavy atom. The molecular weight excluding hydrogens is 374 g/mol. The van der Waals surface area contributed by atoms with Gasteiger partial charge in [-0.3, -0.25) is 4.79 Å². The second kappa shape index (κ2) is 7.76. The third-order valence-corrected chi connectivity index (χ3v) is 5.66. The van der Waals surface area contributed by atoms with E-state index in [1.807, 2.05) is 6.07 Å². The van der Waals surface area contributed by atoms with Gasteiger partial charge < -0.3 is 9.73 Å². The molecule has 0 saturated heterocycles. The van der Waals surface area contributed by atoms with Crippen molar-refractivity contribution in [2.45, 2.75) is 17.2 Å². The average Bonchev–Trinajstić information content (AvgIpc) is 3.08. The van der Waals surface area contributed by atoms with E-state index in [0.29, 0.717) is 10.6 Å². The maximum Gasteiger partial charge on any atom is 0.287 e. The first-order chi connectivity index (χ1) is 12.5. The van der Waals surface area contributed by atoms with Crippen molar-refractivity contribution in [2.75, 3.05) is 0 Å². The average molecular weight is 390 g/mol. The summed E-state index contributed by atoms with van der Waals surface area (Å²) in [7, 11) is -3.57. The van der Waals surface area contributed by atoms with Crippen LogP contribution >= 0.6 is 11.6 Å². The molecule has 1 aromatic heterocycles. The molecule has 7 heteroatoms. The maximum absolute atomic E-state index is 12.5. The highest BCUT2D eigenvalue weighted by Crippen LogP contribution is 2.20. The summed E-state index contributed by atoms with van der Waals surface area (Å²) in [5.41, 5.74) is 1.15. The Balaban J connectivity index is 1.73. The van der Waals surface area contributed by atoms with E-state index in [2.05, 4.69) is 5.32 Å². The molecule has 3 aromatic rings. The minimum atomic E-state index is -3.57. The lowest BCUT2D eigenvalue weighted by Crippen LogP contribution is -2.23. The molecular formula is C19H16ClNO4S. The quantitative estimate of drug-likeness (QED) is 0.695. The summed E-state index contributed by atoms with van der Waals surface area (Å²) in [6.45, 7) is 0.255. The van der Waals surface area contributed by atoms with Gasteiger partial charge in [0.1, 0.15) is 0 Å². The Kier molecular flexibility index (Phi) is 5.44. The van der Waals surface area contributed by atoms with Crippen molar-refractivity contribution in [3.05, 3.63) is 88.8 Å². The summed E-state index contributed by atoms with van der Waals surface area (Å²) >= 11 is 5.92. The molecule has 0 bridgehead atoms. The molecule has 0 unspecified atom stereocenters. The molecule has 3 rings (SSSR count). The van der Waals surface area contributed by atoms with Crippen LogP contribution in [0.5, 0.6) is 0 Å². The molecule has 134 valence electrons. The molecule has 1 amide bonds. The predicted octanol–water partition coefficient (Wildman–Crippen LogP) is 3.84. The lowest BCUT2D eigenvalue weighted by atomic mass is 10.2. The van der Waals surface area contributed by atoms with Gasteiger partial charge in [0.05, 0.1) is 16.9 Å². The van der Waals surface area contributed by atoms with Gasteiger partial charge in [-0.15, -0.1) is 0 Å². The van der Waals surface area contributed by atoms with Crippen LogP contribution in [0, 0.1) is 0 Å². The van der Waals surface area contributed by atoms with Crippen LogP contribution in [0.1, 0.15) is 21.7 Å². The van der Waals surface area contributed by atoms with E-state index in [-0.39, 0.29) is 23.0 Å². The number of nitrogens with one attached hydrogen (secondary N) is 1. The van der Waals surface area contributed by atoms with Crippen molar-refractivity contribution < 1.29 is 17.6 Å². The summed E-state index contributed by atoms with van der Waals surface area (Å²) in [6, 6.07) is 16.7. The molecule has 0 radical (unpaired) electrons. The predicted molar refractivity (Wildman–Crippen MR) is 98.7 cm³/mol. The molecule has 0 aliphatic rings. The third-order valence-electron chi connectivity index (χ3n) is 3.74. The van der Waals surface area contributed by atoms with Gasteiger partial charge in [0, 0.05) is 17.1 Å². The monoisotopic (exact) mass is 389 g/mol. The van der Waals surface area contributed by atoms with Crippen molar-refractivity contribution in [1.29, 1.82) is 0 Å². The first kappa shape index (κ1) is 18.2. The fourth-order valence-corrected chi connectivity index (χ4v) is 4.06. The molecule has 2 aromatic carbocycles. The molecule has 0 atom stereocenters. The fraction of sp³-hybridized carbons (Fsp3) is 0.105. The Hall–Kier alpha value is -2.57. The van der Waals surface area contributed by atoms with Gasteiger partial charge in [-0.05, 0) is 35.9 Å². The van der Waals surface area contributed by atoms with Crippen molar-refractivity contribution in [3.8, 4) is 0 Å². The Bertz CT molecular complexity index is 1010. The zero-order valence-electron chi connectivity index (χ0n) is 13.7. The van der Waals surface area contributed by atoms with Crippen molar-refractivity contribution in [1.82, 2.24) is 5.32 Å². The lowest BCUT2D eigenvalue weighted by molar-refractivity contribution is 0.0922. The minimum absolute atomic E-state index is 0.00784. The van der Waals surface area contributed by atoms with Crippen LogP contribution in [0.2, 0.25) is 5.02 Å². The minimum Gasteiger partial charge on any atom is -0.459 e. The number of furan rings is 1. The number of sulfone groups is 1. The van der Waals surface area contributed by atoms with E-state index >= 15 is 0 Å². The van der Waals surface area contributed by atoms with Gasteiger partial charge in [-0.25, -0.2) is 8.42 Å². The molecule has 0 saturated carbocycles. The third kappa shape index (κ3) is 4.33. The molecule has 5 nitrogen and oxygen atoms in total. The molecule has 0 fully saturated rings. The highest BCUT2D eigenvalue weighted by atomic mass is 35.5. The van der Waals surface area contributed by atoms with Crippen LogP contribution in [0.15, 0.2) is 76.2 Å². The molecule has 0 spiro atoms. The fourth-order valence-electron chi connectivity index (χ4n) is 2.47. The van der Waals surface area contributed by atoms with E-state index in [1.165, 1.54) is 24.5 Å². The largest absolute Gasteiger partial charge is 0.459 e. The number of hydrogen-bond donors (Lipinski definition) is 1. The van der Waals surface area contributed by atoms with Crippen LogP contribution in [0.4, 0.5) is 0 Å². The number of rotatable bonds is 6. The van der Waals surface area contributed by atoms with E-state index in [9.17, 15) is 13.2 Å². The van der Waals surface area contributed by atoms with E-state index in [4.69, 9.17) is 16.0 Å². The summed E-state index contributed by atoms with van der Waals surface area (Å²) < 4.78 is 30.2. The van der Waals surface area contributed by atoms with Crippen LogP contribution in [0.3, 0.4) is 0 Å². The van der Waals surface area contributed by atoms with Crippen LogP contribution < -0.4 is 5.32 Å². The van der Waals surface area contributed by atoms with Crippen LogP contribution in [-0.4, -0.2) is 14.3 Å². The van der Waals surface area contributed by atoms with Gasteiger partial charge >= 0.3 is 0 Å². The topological polar surface area (TPSA) is 76.4 Å². The van der Waals surface area contributed by atoms with Crippen LogP contribution in [0.25, 0.3) is 0 Å². The molecule has 26 heavy (non-hydrogen) atoms. The number of amides is 1. The normalized spacial score (nSPS) is 11.3. The Morgan fingerprint density at radius 2 is 1.81 bits per heavy atom. The van der Waals surface area contributed by atoms with Gasteiger partial charge in [0.15, 0.2) is 15.6 Å². The maximum atomic E-state index is 12.5. The molecule has 1 N–H and O–H groups in total. The van der Waals surface area contributed by atoms with Crippen molar-refractivity contribution in [2.24, 2.45) is 0 Å². The number of halogens is 1. The first-order valence-corrected chi connectivity index (χ1v) is 9.85. The van der Waals surface area contributed by atoms with Gasteiger partial charge in [0.25, 0.3) is 5.91 Å². The van der Waals surface area contributed by atoms with Crippen molar-refractivity contribution in [3.63, 3.8) is 0 Å². The zero-order valence-corrected chi connectivity index (χ0v) is 15.3. The van der Waals surface area contributed by atoms with Crippen LogP contribution in [-0.2, 0) is 22.1 Å². The van der Waals surface area contributed by atoms with E-state index in [1.54, 1.807) is 36.4 Å². The van der Waals surface area contributed by atoms with E-state index in [0.717, 1.165) is 5.56 Å². The zero-order chi connectivity index (χ0) is 18.6. The molecule has 0 aliphatic heterocycles. The Morgan fingerprint density at radius 3 is 2.54 bits per heavy atom. The van der Waals surface area contributed by atoms with Gasteiger partial charge in [0.2, 0.25) is 0 Å². The standard InChI is InChI=1S/C19H16ClNO4S/c20-16-6-4-5-14(11-16)12-21-19(22)18-15(9-10-25-18)13-26(23,24)17-7-2-1-3-8-17/h1-11H,12-13H2,(H,21,22). The van der Waals surface area contributed by atoms with Gasteiger partial charge in [-0.1, -0.05) is 41.9 Å². The lowest BCUT2D eigenvalue weighted by Gasteiger charge is -2.07. The smallest absolute Gasteiger partial charge is 0.287 e. The number of hydrogen-bond acceptors (Lipinski definition) is 4. The SMILES string of the molecule is O=C(NCc1cccc(Cl)c1)c1occc1CS(=O)(=O)c1ccccc1. The summed E-state index contributed by atoms with van der Waals surface area (Å²) in [5, 5.41) is 3.28. The van der Waals surface area contributed by atoms with Crippen molar-refractivity contribution >= 4 is 27.3 Å². The van der Waals surface area contributed by atoms with E-state index < -0.39 is 15.7 Å². The highest BCUT2D eigenvalue weighted by molar-refractivity contribution is 7.90. The summed E-state index contributed by atoms with van der Waals surface area (Å²) in [6.07, 6.45) is 1.31. The number of carbonyl (C=O) groups is 1.